The average molecular weight is 544 g/mol. The Morgan fingerprint density at radius 1 is 0.550 bits per heavy atom. The minimum Gasteiger partial charge on any atom is -0.404 e. The molecule has 0 spiro atoms. The van der Waals surface area contributed by atoms with Crippen LogP contribution in [0, 0.1) is 90.6 Å². The molecule has 0 bridgehead atoms. The molecule has 190 valence electrons. The van der Waals surface area contributed by atoms with Crippen molar-refractivity contribution in [1.82, 2.24) is 0 Å². The Balaban J connectivity index is 2.94. The van der Waals surface area contributed by atoms with Gasteiger partial charge in [0.05, 0.1) is 28.7 Å². The van der Waals surface area contributed by atoms with Crippen LogP contribution in [0.1, 0.15) is 27.8 Å². The fourth-order valence-electron chi connectivity index (χ4n) is 4.37. The van der Waals surface area contributed by atoms with Crippen molar-refractivity contribution in [2.75, 3.05) is 0 Å². The van der Waals surface area contributed by atoms with Crippen LogP contribution in [0.15, 0.2) is 22.3 Å². The van der Waals surface area contributed by atoms with E-state index in [9.17, 15) is 68.4 Å². The van der Waals surface area contributed by atoms with E-state index >= 15 is 0 Å². The molecular weight excluding hydrogens is 542 g/mol. The van der Waals surface area contributed by atoms with E-state index < -0.39 is 97.1 Å². The van der Waals surface area contributed by atoms with Crippen molar-refractivity contribution in [2.45, 2.75) is 19.0 Å². The van der Waals surface area contributed by atoms with Gasteiger partial charge in [-0.2, -0.15) is 55.3 Å². The first kappa shape index (κ1) is 28.1. The van der Waals surface area contributed by atoms with E-state index in [4.69, 9.17) is 0 Å². The van der Waals surface area contributed by atoms with Gasteiger partial charge >= 0.3 is 12.5 Å². The van der Waals surface area contributed by atoms with Gasteiger partial charge in [-0.3, -0.25) is 0 Å². The van der Waals surface area contributed by atoms with Crippen molar-refractivity contribution in [3.63, 3.8) is 0 Å². The predicted octanol–water partition coefficient (Wildman–Crippen LogP) is 4.92. The molecule has 9 nitrogen and oxygen atoms in total. The summed E-state index contributed by atoms with van der Waals surface area (Å²) in [4.78, 5) is 0. The van der Waals surface area contributed by atoms with Gasteiger partial charge in [-0.25, -0.2) is 0 Å². The first-order chi connectivity index (χ1) is 18.8. The topological polar surface area (TPSA) is 200 Å². The number of fused-ring (bicyclic) bond motifs is 2. The lowest BCUT2D eigenvalue weighted by atomic mass is 9.84. The first-order valence-corrected chi connectivity index (χ1v) is 10.0. The molecule has 0 aliphatic heterocycles. The Kier molecular flexibility index (Phi) is 6.83. The molecule has 0 amide bonds. The highest BCUT2D eigenvalue weighted by Crippen LogP contribution is 2.58. The van der Waals surface area contributed by atoms with Crippen LogP contribution in [0.4, 0.5) is 26.3 Å². The highest BCUT2D eigenvalue weighted by molar-refractivity contribution is 6.17. The summed E-state index contributed by atoms with van der Waals surface area (Å²) in [5.41, 5.74) is -13.3. The number of nitriles is 8. The molecule has 1 aromatic rings. The van der Waals surface area contributed by atoms with Gasteiger partial charge in [-0.05, 0) is 5.56 Å². The van der Waals surface area contributed by atoms with Crippen molar-refractivity contribution in [3.05, 3.63) is 50.1 Å². The number of allylic oxidation sites excluding steroid dienone is 8. The molecule has 2 aliphatic rings. The Hall–Kier alpha value is -6.52. The van der Waals surface area contributed by atoms with Crippen molar-refractivity contribution in [1.29, 1.82) is 42.1 Å². The zero-order valence-electron chi connectivity index (χ0n) is 19.0. The molecular formula is C25H2F6N8O. The fourth-order valence-corrected chi connectivity index (χ4v) is 4.37. The van der Waals surface area contributed by atoms with Crippen LogP contribution in [0.2, 0.25) is 0 Å². The lowest BCUT2D eigenvalue weighted by Crippen LogP contribution is -2.21. The number of hydrogen-bond acceptors (Lipinski definition) is 9. The van der Waals surface area contributed by atoms with Gasteiger partial charge in [0.2, 0.25) is 0 Å². The third-order valence-electron chi connectivity index (χ3n) is 5.55. The van der Waals surface area contributed by atoms with E-state index in [0.29, 0.717) is 0 Å². The van der Waals surface area contributed by atoms with E-state index in [1.54, 1.807) is 0 Å². The number of benzene rings is 1. The second kappa shape index (κ2) is 9.74. The summed E-state index contributed by atoms with van der Waals surface area (Å²) in [7, 11) is 0. The number of alkyl halides is 6. The lowest BCUT2D eigenvalue weighted by molar-refractivity contribution is -0.274. The van der Waals surface area contributed by atoms with Crippen molar-refractivity contribution >= 4 is 22.3 Å². The number of ether oxygens (including phenoxy) is 1. The van der Waals surface area contributed by atoms with Crippen LogP contribution in [0.5, 0.6) is 5.75 Å². The zero-order chi connectivity index (χ0) is 30.2. The molecule has 2 aliphatic carbocycles. The van der Waals surface area contributed by atoms with Crippen LogP contribution in [0.3, 0.4) is 0 Å². The molecule has 0 fully saturated rings. The van der Waals surface area contributed by atoms with Gasteiger partial charge in [0.1, 0.15) is 65.4 Å². The monoisotopic (exact) mass is 544 g/mol. The standard InChI is InChI=1S/C25H2F6N8O/c26-24(27,28)1-12-19-15(8-38)13(6-36)18(11(4-34)5-35)22(19)23(40-25(29,30)31)21-16(9-39)14(7-37)17(20(12)21)10(2-32)3-33/h1H2. The van der Waals surface area contributed by atoms with Crippen LogP contribution < -0.4 is 4.74 Å². The van der Waals surface area contributed by atoms with Gasteiger partial charge in [0.15, 0.2) is 0 Å². The maximum absolute atomic E-state index is 13.9. The van der Waals surface area contributed by atoms with Crippen LogP contribution in [0.25, 0.3) is 22.3 Å². The Bertz CT molecular complexity index is 1730. The fraction of sp³-hybridized carbons (Fsp3) is 0.120. The molecule has 0 radical (unpaired) electrons. The summed E-state index contributed by atoms with van der Waals surface area (Å²) in [5.74, 6) is -1.52. The Morgan fingerprint density at radius 3 is 1.30 bits per heavy atom. The van der Waals surface area contributed by atoms with E-state index in [1.165, 1.54) is 48.6 Å². The highest BCUT2D eigenvalue weighted by Gasteiger charge is 2.48. The number of halogens is 6. The molecule has 40 heavy (non-hydrogen) atoms. The van der Waals surface area contributed by atoms with Crippen LogP contribution in [-0.2, 0) is 6.42 Å². The third-order valence-corrected chi connectivity index (χ3v) is 5.55. The van der Waals surface area contributed by atoms with Gasteiger partial charge in [-0.15, -0.1) is 13.2 Å². The lowest BCUT2D eigenvalue weighted by Gasteiger charge is -2.23. The molecule has 15 heteroatoms. The highest BCUT2D eigenvalue weighted by atomic mass is 19.4. The van der Waals surface area contributed by atoms with E-state index in [2.05, 4.69) is 4.74 Å². The summed E-state index contributed by atoms with van der Waals surface area (Å²) in [5, 5.41) is 76.8. The SMILES string of the molecule is N#CC(C#N)=C1C(C#N)=C(C#N)c2c(OC(F)(F)F)c3c(c(CC(F)(F)F)c21)C(C#N)=C(C#N)C3=C(C#N)C#N. The van der Waals surface area contributed by atoms with Crippen molar-refractivity contribution < 1.29 is 31.1 Å². The molecule has 0 atom stereocenters. The molecule has 0 heterocycles. The summed E-state index contributed by atoms with van der Waals surface area (Å²) >= 11 is 0. The molecule has 0 saturated heterocycles. The maximum Gasteiger partial charge on any atom is 0.573 e. The summed E-state index contributed by atoms with van der Waals surface area (Å²) in [6.45, 7) is 0. The molecule has 0 N–H and O–H groups in total. The third kappa shape index (κ3) is 4.20. The van der Waals surface area contributed by atoms with E-state index in [0.717, 1.165) is 0 Å². The van der Waals surface area contributed by atoms with Crippen molar-refractivity contribution in [2.24, 2.45) is 0 Å². The number of rotatable bonds is 2. The summed E-state index contributed by atoms with van der Waals surface area (Å²) in [6.07, 6.45) is -12.9. The molecule has 3 rings (SSSR count). The Morgan fingerprint density at radius 2 is 0.950 bits per heavy atom. The minimum atomic E-state index is -5.66. The maximum atomic E-state index is 13.9. The second-order valence-corrected chi connectivity index (χ2v) is 7.54. The largest absolute Gasteiger partial charge is 0.573 e. The quantitative estimate of drug-likeness (QED) is 0.366. The summed E-state index contributed by atoms with van der Waals surface area (Å²) in [6, 6.07) is 10.8. The molecule has 0 saturated carbocycles. The van der Waals surface area contributed by atoms with Crippen LogP contribution in [-0.4, -0.2) is 12.5 Å². The van der Waals surface area contributed by atoms with Gasteiger partial charge in [-0.1, -0.05) is 0 Å². The van der Waals surface area contributed by atoms with Crippen molar-refractivity contribution in [3.8, 4) is 54.3 Å². The minimum absolute atomic E-state index is 0.929. The predicted molar refractivity (Wildman–Crippen MR) is 115 cm³/mol. The Labute approximate surface area is 219 Å². The van der Waals surface area contributed by atoms with Gasteiger partial charge in [0.25, 0.3) is 0 Å². The van der Waals surface area contributed by atoms with Gasteiger partial charge < -0.3 is 4.74 Å². The second-order valence-electron chi connectivity index (χ2n) is 7.54. The molecule has 0 aromatic heterocycles. The van der Waals surface area contributed by atoms with Crippen LogP contribution >= 0.6 is 0 Å². The normalized spacial score (nSPS) is 13.3. The molecule has 0 unspecified atom stereocenters. The summed E-state index contributed by atoms with van der Waals surface area (Å²) < 4.78 is 87.0. The smallest absolute Gasteiger partial charge is 0.404 e. The number of nitrogens with zero attached hydrogens (tertiary/aromatic N) is 8. The van der Waals surface area contributed by atoms with E-state index in [1.807, 2.05) is 0 Å². The molecule has 1 aromatic carbocycles. The number of hydrogen-bond donors (Lipinski definition) is 0. The van der Waals surface area contributed by atoms with Gasteiger partial charge in [0, 0.05) is 33.4 Å². The van der Waals surface area contributed by atoms with E-state index in [-0.39, 0.29) is 0 Å². The zero-order valence-corrected chi connectivity index (χ0v) is 19.0. The first-order valence-electron chi connectivity index (χ1n) is 10.0. The average Bonchev–Trinajstić information content (AvgIpc) is 3.39.